The van der Waals surface area contributed by atoms with E-state index in [2.05, 4.69) is 46.7 Å². The van der Waals surface area contributed by atoms with Gasteiger partial charge in [-0.25, -0.2) is 9.97 Å². The van der Waals surface area contributed by atoms with Crippen LogP contribution in [0.3, 0.4) is 0 Å². The molecule has 1 aromatic rings. The second-order valence-corrected chi connectivity index (χ2v) is 6.79. The highest BCUT2D eigenvalue weighted by molar-refractivity contribution is 14.1. The SMILES string of the molecule is CCCNc1nc(C(OCC)C2CCCCC2)ncc1I. The third-order valence-corrected chi connectivity index (χ3v) is 4.77. The van der Waals surface area contributed by atoms with Gasteiger partial charge in [0.2, 0.25) is 0 Å². The summed E-state index contributed by atoms with van der Waals surface area (Å²) in [5.41, 5.74) is 0. The number of halogens is 1. The van der Waals surface area contributed by atoms with Crippen LogP contribution in [0.15, 0.2) is 6.20 Å². The van der Waals surface area contributed by atoms with Crippen molar-refractivity contribution < 1.29 is 4.74 Å². The quantitative estimate of drug-likeness (QED) is 0.678. The fraction of sp³-hybridized carbons (Fsp3) is 0.750. The molecule has 0 bridgehead atoms. The van der Waals surface area contributed by atoms with Gasteiger partial charge in [-0.15, -0.1) is 0 Å². The highest BCUT2D eigenvalue weighted by Gasteiger charge is 2.28. The fourth-order valence-corrected chi connectivity index (χ4v) is 3.37. The molecule has 21 heavy (non-hydrogen) atoms. The molecule has 4 nitrogen and oxygen atoms in total. The Bertz CT molecular complexity index is 436. The first kappa shape index (κ1) is 16.9. The molecule has 1 heterocycles. The van der Waals surface area contributed by atoms with Crippen LogP contribution in [0.25, 0.3) is 0 Å². The molecule has 1 saturated carbocycles. The van der Waals surface area contributed by atoms with E-state index >= 15 is 0 Å². The van der Waals surface area contributed by atoms with Crippen molar-refractivity contribution in [3.63, 3.8) is 0 Å². The Morgan fingerprint density at radius 3 is 2.76 bits per heavy atom. The first-order chi connectivity index (χ1) is 10.3. The topological polar surface area (TPSA) is 47.0 Å². The minimum absolute atomic E-state index is 0.0504. The molecule has 0 aliphatic heterocycles. The lowest BCUT2D eigenvalue weighted by molar-refractivity contribution is -0.000128. The third-order valence-electron chi connectivity index (χ3n) is 3.98. The average Bonchev–Trinajstić information content (AvgIpc) is 2.53. The van der Waals surface area contributed by atoms with Gasteiger partial charge < -0.3 is 10.1 Å². The summed E-state index contributed by atoms with van der Waals surface area (Å²) in [7, 11) is 0. The zero-order chi connectivity index (χ0) is 15.1. The van der Waals surface area contributed by atoms with Gasteiger partial charge in [0.25, 0.3) is 0 Å². The van der Waals surface area contributed by atoms with Crippen LogP contribution in [-0.2, 0) is 4.74 Å². The normalized spacial score (nSPS) is 17.7. The summed E-state index contributed by atoms with van der Waals surface area (Å²) < 4.78 is 7.08. The maximum absolute atomic E-state index is 6.01. The standard InChI is InChI=1S/C16H26IN3O/c1-3-10-18-15-13(17)11-19-16(20-15)14(21-4-2)12-8-6-5-7-9-12/h11-12,14H,3-10H2,1-2H3,(H,18,19,20). The smallest absolute Gasteiger partial charge is 0.159 e. The lowest BCUT2D eigenvalue weighted by atomic mass is 9.85. The first-order valence-electron chi connectivity index (χ1n) is 8.14. The number of rotatable bonds is 7. The van der Waals surface area contributed by atoms with Crippen molar-refractivity contribution in [2.75, 3.05) is 18.5 Å². The van der Waals surface area contributed by atoms with Crippen LogP contribution in [0.5, 0.6) is 0 Å². The van der Waals surface area contributed by atoms with E-state index in [1.165, 1.54) is 32.1 Å². The zero-order valence-corrected chi connectivity index (χ0v) is 15.2. The average molecular weight is 403 g/mol. The molecule has 5 heteroatoms. The molecule has 1 aromatic heterocycles. The lowest BCUT2D eigenvalue weighted by Gasteiger charge is -2.29. The lowest BCUT2D eigenvalue weighted by Crippen LogP contribution is -2.22. The summed E-state index contributed by atoms with van der Waals surface area (Å²) in [6, 6.07) is 0. The van der Waals surface area contributed by atoms with Gasteiger partial charge in [-0.2, -0.15) is 0 Å². The van der Waals surface area contributed by atoms with E-state index in [1.807, 2.05) is 6.20 Å². The van der Waals surface area contributed by atoms with E-state index in [4.69, 9.17) is 9.72 Å². The van der Waals surface area contributed by atoms with Crippen molar-refractivity contribution >= 4 is 28.4 Å². The van der Waals surface area contributed by atoms with Crippen molar-refractivity contribution in [2.45, 2.75) is 58.5 Å². The molecule has 0 spiro atoms. The van der Waals surface area contributed by atoms with E-state index in [0.29, 0.717) is 12.5 Å². The Balaban J connectivity index is 2.18. The molecular weight excluding hydrogens is 377 g/mol. The second-order valence-electron chi connectivity index (χ2n) is 5.63. The molecule has 2 rings (SSSR count). The highest BCUT2D eigenvalue weighted by atomic mass is 127. The zero-order valence-electron chi connectivity index (χ0n) is 13.1. The summed E-state index contributed by atoms with van der Waals surface area (Å²) in [5, 5.41) is 3.39. The molecule has 1 atom stereocenters. The van der Waals surface area contributed by atoms with E-state index in [-0.39, 0.29) is 6.10 Å². The Labute approximate surface area is 141 Å². The number of hydrogen-bond acceptors (Lipinski definition) is 4. The maximum Gasteiger partial charge on any atom is 0.159 e. The molecule has 0 saturated heterocycles. The van der Waals surface area contributed by atoms with E-state index in [1.54, 1.807) is 0 Å². The predicted molar refractivity (Wildman–Crippen MR) is 94.5 cm³/mol. The van der Waals surface area contributed by atoms with Crippen molar-refractivity contribution in [1.29, 1.82) is 0 Å². The maximum atomic E-state index is 6.01. The van der Waals surface area contributed by atoms with Crippen LogP contribution in [-0.4, -0.2) is 23.1 Å². The first-order valence-corrected chi connectivity index (χ1v) is 9.22. The van der Waals surface area contributed by atoms with Gasteiger partial charge in [0, 0.05) is 19.3 Å². The summed E-state index contributed by atoms with van der Waals surface area (Å²) in [6.07, 6.45) is 9.48. The molecule has 0 amide bonds. The number of anilines is 1. The van der Waals surface area contributed by atoms with Crippen LogP contribution < -0.4 is 5.32 Å². The largest absolute Gasteiger partial charge is 0.370 e. The van der Waals surface area contributed by atoms with E-state index in [9.17, 15) is 0 Å². The Morgan fingerprint density at radius 1 is 1.33 bits per heavy atom. The van der Waals surface area contributed by atoms with Crippen LogP contribution in [0.4, 0.5) is 5.82 Å². The summed E-state index contributed by atoms with van der Waals surface area (Å²) >= 11 is 2.29. The van der Waals surface area contributed by atoms with Crippen LogP contribution in [0.2, 0.25) is 0 Å². The van der Waals surface area contributed by atoms with Crippen molar-refractivity contribution in [2.24, 2.45) is 5.92 Å². The van der Waals surface area contributed by atoms with E-state index < -0.39 is 0 Å². The number of nitrogens with zero attached hydrogens (tertiary/aromatic N) is 2. The summed E-state index contributed by atoms with van der Waals surface area (Å²) in [4.78, 5) is 9.31. The third kappa shape index (κ3) is 4.77. The van der Waals surface area contributed by atoms with Gasteiger partial charge in [-0.1, -0.05) is 26.2 Å². The second kappa shape index (κ2) is 8.88. The Kier molecular flexibility index (Phi) is 7.16. The number of nitrogens with one attached hydrogen (secondary N) is 1. The monoisotopic (exact) mass is 403 g/mol. The van der Waals surface area contributed by atoms with E-state index in [0.717, 1.165) is 28.2 Å². The number of ether oxygens (including phenoxy) is 1. The van der Waals surface area contributed by atoms with Crippen molar-refractivity contribution in [3.05, 3.63) is 15.6 Å². The molecule has 1 unspecified atom stereocenters. The van der Waals surface area contributed by atoms with Crippen LogP contribution >= 0.6 is 22.6 Å². The molecule has 0 aromatic carbocycles. The Morgan fingerprint density at radius 2 is 2.10 bits per heavy atom. The van der Waals surface area contributed by atoms with Gasteiger partial charge in [-0.05, 0) is 54.7 Å². The van der Waals surface area contributed by atoms with Crippen LogP contribution in [0.1, 0.15) is 64.3 Å². The van der Waals surface area contributed by atoms with Crippen molar-refractivity contribution in [1.82, 2.24) is 9.97 Å². The van der Waals surface area contributed by atoms with Gasteiger partial charge in [0.1, 0.15) is 11.9 Å². The van der Waals surface area contributed by atoms with Gasteiger partial charge in [0.15, 0.2) is 5.82 Å². The Hall–Kier alpha value is -0.430. The van der Waals surface area contributed by atoms with Crippen molar-refractivity contribution in [3.8, 4) is 0 Å². The minimum atomic E-state index is 0.0504. The molecule has 1 aliphatic rings. The fourth-order valence-electron chi connectivity index (χ4n) is 2.92. The molecule has 1 fully saturated rings. The minimum Gasteiger partial charge on any atom is -0.370 e. The van der Waals surface area contributed by atoms with Crippen LogP contribution in [0, 0.1) is 9.49 Å². The van der Waals surface area contributed by atoms with Gasteiger partial charge >= 0.3 is 0 Å². The van der Waals surface area contributed by atoms with Gasteiger partial charge in [0.05, 0.1) is 3.57 Å². The molecule has 118 valence electrons. The highest BCUT2D eigenvalue weighted by Crippen LogP contribution is 2.36. The summed E-state index contributed by atoms with van der Waals surface area (Å²) in [5.74, 6) is 2.36. The molecule has 0 radical (unpaired) electrons. The number of aromatic nitrogens is 2. The molecular formula is C16H26IN3O. The van der Waals surface area contributed by atoms with Gasteiger partial charge in [-0.3, -0.25) is 0 Å². The molecule has 1 aliphatic carbocycles. The molecule has 1 N–H and O–H groups in total. The number of hydrogen-bond donors (Lipinski definition) is 1. The summed E-state index contributed by atoms with van der Waals surface area (Å²) in [6.45, 7) is 5.87. The predicted octanol–water partition coefficient (Wildman–Crippen LogP) is 4.56.